The summed E-state index contributed by atoms with van der Waals surface area (Å²) in [5.41, 5.74) is 0.0109. The van der Waals surface area contributed by atoms with Gasteiger partial charge in [0.2, 0.25) is 0 Å². The van der Waals surface area contributed by atoms with Gasteiger partial charge < -0.3 is 0 Å². The first-order valence-electron chi connectivity index (χ1n) is 2.02. The molecule has 9 heavy (non-hydrogen) atoms. The molecule has 0 radical (unpaired) electrons. The highest BCUT2D eigenvalue weighted by Crippen LogP contribution is 2.01. The van der Waals surface area contributed by atoms with Crippen LogP contribution in [0.2, 0.25) is 0 Å². The molecule has 0 aromatic heterocycles. The third kappa shape index (κ3) is 4.72. The standard InChI is InChI=1S/C5H4ClN3/c1-4(3-7)8-9-5(2)6/h1-2H2/b9-8-. The molecule has 46 valence electrons. The van der Waals surface area contributed by atoms with Gasteiger partial charge in [-0.15, -0.1) is 10.2 Å². The minimum atomic E-state index is 0.0109. The number of allylic oxidation sites excluding steroid dienone is 1. The Morgan fingerprint density at radius 1 is 1.44 bits per heavy atom. The van der Waals surface area contributed by atoms with Gasteiger partial charge in [0, 0.05) is 0 Å². The van der Waals surface area contributed by atoms with E-state index in [9.17, 15) is 0 Å². The van der Waals surface area contributed by atoms with E-state index in [0.717, 1.165) is 0 Å². The molecule has 0 heterocycles. The van der Waals surface area contributed by atoms with Gasteiger partial charge >= 0.3 is 0 Å². The van der Waals surface area contributed by atoms with Crippen molar-refractivity contribution < 1.29 is 0 Å². The minimum Gasteiger partial charge on any atom is -0.191 e. The number of hydrogen-bond acceptors (Lipinski definition) is 3. The van der Waals surface area contributed by atoms with Gasteiger partial charge in [-0.2, -0.15) is 5.26 Å². The zero-order chi connectivity index (χ0) is 7.28. The molecule has 0 saturated carbocycles. The van der Waals surface area contributed by atoms with Gasteiger partial charge in [-0.3, -0.25) is 0 Å². The summed E-state index contributed by atoms with van der Waals surface area (Å²) in [5, 5.41) is 14.7. The number of nitrogens with zero attached hydrogens (tertiary/aromatic N) is 3. The first-order chi connectivity index (χ1) is 4.16. The van der Waals surface area contributed by atoms with E-state index in [4.69, 9.17) is 16.9 Å². The molecule has 0 aromatic rings. The molecule has 0 atom stereocenters. The van der Waals surface area contributed by atoms with Crippen LogP contribution in [0.4, 0.5) is 0 Å². The number of rotatable bonds is 2. The summed E-state index contributed by atoms with van der Waals surface area (Å²) in [6.07, 6.45) is 0. The Balaban J connectivity index is 3.90. The number of halogens is 1. The quantitative estimate of drug-likeness (QED) is 0.330. The second-order valence-corrected chi connectivity index (χ2v) is 1.57. The first-order valence-corrected chi connectivity index (χ1v) is 2.39. The zero-order valence-electron chi connectivity index (χ0n) is 4.63. The van der Waals surface area contributed by atoms with Gasteiger partial charge in [-0.05, 0) is 0 Å². The van der Waals surface area contributed by atoms with Crippen molar-refractivity contribution in [2.75, 3.05) is 0 Å². The fourth-order valence-electron chi connectivity index (χ4n) is 0.137. The van der Waals surface area contributed by atoms with Crippen molar-refractivity contribution in [3.05, 3.63) is 24.0 Å². The van der Waals surface area contributed by atoms with Crippen LogP contribution >= 0.6 is 11.6 Å². The van der Waals surface area contributed by atoms with Crippen LogP contribution in [0.3, 0.4) is 0 Å². The van der Waals surface area contributed by atoms with Crippen LogP contribution in [0.1, 0.15) is 0 Å². The normalized spacial score (nSPS) is 8.89. The van der Waals surface area contributed by atoms with Crippen molar-refractivity contribution in [2.45, 2.75) is 0 Å². The van der Waals surface area contributed by atoms with E-state index < -0.39 is 0 Å². The summed E-state index contributed by atoms with van der Waals surface area (Å²) < 4.78 is 0. The molecular weight excluding hydrogens is 138 g/mol. The molecule has 4 heteroatoms. The zero-order valence-corrected chi connectivity index (χ0v) is 5.39. The maximum atomic E-state index is 8.07. The molecule has 0 bridgehead atoms. The first kappa shape index (κ1) is 7.86. The SMILES string of the molecule is C=C(Cl)/N=N\C(=C)C#N. The Hall–Kier alpha value is -1.14. The van der Waals surface area contributed by atoms with Crippen molar-refractivity contribution in [3.63, 3.8) is 0 Å². The summed E-state index contributed by atoms with van der Waals surface area (Å²) in [4.78, 5) is 0. The third-order valence-corrected chi connectivity index (χ3v) is 0.484. The molecule has 3 nitrogen and oxygen atoms in total. The van der Waals surface area contributed by atoms with E-state index in [0.29, 0.717) is 0 Å². The van der Waals surface area contributed by atoms with E-state index >= 15 is 0 Å². The molecule has 0 saturated heterocycles. The Labute approximate surface area is 58.0 Å². The largest absolute Gasteiger partial charge is 0.191 e. The number of hydrogen-bond donors (Lipinski definition) is 0. The highest BCUT2D eigenvalue weighted by Gasteiger charge is 1.82. The lowest BCUT2D eigenvalue weighted by Crippen LogP contribution is -1.63. The maximum Gasteiger partial charge on any atom is 0.155 e. The van der Waals surface area contributed by atoms with Gasteiger partial charge in [0.15, 0.2) is 5.70 Å². The van der Waals surface area contributed by atoms with Crippen molar-refractivity contribution in [1.82, 2.24) is 0 Å². The molecule has 0 unspecified atom stereocenters. The van der Waals surface area contributed by atoms with Gasteiger partial charge in [0.1, 0.15) is 11.2 Å². The Bertz CT molecular complexity index is 199. The van der Waals surface area contributed by atoms with Crippen molar-refractivity contribution >= 4 is 11.6 Å². The van der Waals surface area contributed by atoms with E-state index in [2.05, 4.69) is 23.4 Å². The number of nitriles is 1. The smallest absolute Gasteiger partial charge is 0.155 e. The van der Waals surface area contributed by atoms with E-state index in [1.807, 2.05) is 0 Å². The lowest BCUT2D eigenvalue weighted by Gasteiger charge is -1.79. The molecule has 0 fully saturated rings. The summed E-state index contributed by atoms with van der Waals surface area (Å²) in [7, 11) is 0. The maximum absolute atomic E-state index is 8.07. The lowest BCUT2D eigenvalue weighted by molar-refractivity contribution is 1.16. The van der Waals surface area contributed by atoms with Crippen LogP contribution in [-0.4, -0.2) is 0 Å². The molecular formula is C5H4ClN3. The van der Waals surface area contributed by atoms with Crippen LogP contribution in [0, 0.1) is 11.3 Å². The summed E-state index contributed by atoms with van der Waals surface area (Å²) in [5.74, 6) is 0. The molecule has 0 aliphatic carbocycles. The fourth-order valence-corrected chi connectivity index (χ4v) is 0.175. The predicted molar refractivity (Wildman–Crippen MR) is 34.6 cm³/mol. The molecule has 0 rings (SSSR count). The molecule has 0 amide bonds. The highest BCUT2D eigenvalue weighted by molar-refractivity contribution is 6.28. The molecule has 0 aromatic carbocycles. The summed E-state index contributed by atoms with van der Waals surface area (Å²) in [6.45, 7) is 6.44. The molecule has 0 aliphatic rings. The molecule has 0 N–H and O–H groups in total. The van der Waals surface area contributed by atoms with Crippen LogP contribution in [0.5, 0.6) is 0 Å². The fraction of sp³-hybridized carbons (Fsp3) is 0. The van der Waals surface area contributed by atoms with Gasteiger partial charge in [-0.25, -0.2) is 0 Å². The minimum absolute atomic E-state index is 0.0109. The van der Waals surface area contributed by atoms with Crippen molar-refractivity contribution in [3.8, 4) is 6.07 Å². The highest BCUT2D eigenvalue weighted by atomic mass is 35.5. The number of azo groups is 1. The topological polar surface area (TPSA) is 48.5 Å². The van der Waals surface area contributed by atoms with E-state index in [-0.39, 0.29) is 10.9 Å². The third-order valence-electron chi connectivity index (χ3n) is 0.408. The van der Waals surface area contributed by atoms with Crippen molar-refractivity contribution in [1.29, 1.82) is 5.26 Å². The Morgan fingerprint density at radius 3 is 2.33 bits per heavy atom. The van der Waals surface area contributed by atoms with Gasteiger partial charge in [-0.1, -0.05) is 24.8 Å². The monoisotopic (exact) mass is 141 g/mol. The van der Waals surface area contributed by atoms with Crippen LogP contribution in [-0.2, 0) is 0 Å². The van der Waals surface area contributed by atoms with Crippen LogP contribution < -0.4 is 0 Å². The van der Waals surface area contributed by atoms with Gasteiger partial charge in [0.25, 0.3) is 0 Å². The van der Waals surface area contributed by atoms with E-state index in [1.165, 1.54) is 0 Å². The van der Waals surface area contributed by atoms with E-state index in [1.54, 1.807) is 6.07 Å². The Kier molecular flexibility index (Phi) is 3.33. The van der Waals surface area contributed by atoms with Crippen LogP contribution in [0.15, 0.2) is 34.2 Å². The second kappa shape index (κ2) is 3.81. The lowest BCUT2D eigenvalue weighted by atomic mass is 10.6. The average Bonchev–Trinajstić information content (AvgIpc) is 1.83. The predicted octanol–water partition coefficient (Wildman–Crippen LogP) is 2.19. The van der Waals surface area contributed by atoms with Crippen molar-refractivity contribution in [2.24, 2.45) is 10.2 Å². The second-order valence-electron chi connectivity index (χ2n) is 1.13. The summed E-state index contributed by atoms with van der Waals surface area (Å²) >= 11 is 5.17. The molecule has 0 aliphatic heterocycles. The van der Waals surface area contributed by atoms with Crippen LogP contribution in [0.25, 0.3) is 0 Å². The average molecular weight is 142 g/mol. The van der Waals surface area contributed by atoms with Gasteiger partial charge in [0.05, 0.1) is 0 Å². The Morgan fingerprint density at radius 2 is 2.00 bits per heavy atom. The molecule has 0 spiro atoms. The summed E-state index contributed by atoms with van der Waals surface area (Å²) in [6, 6.07) is 1.67.